The molecular weight excluding hydrogens is 198 g/mol. The van der Waals surface area contributed by atoms with Crippen LogP contribution in [0.4, 0.5) is 0 Å². The molecule has 0 atom stereocenters. The van der Waals surface area contributed by atoms with Gasteiger partial charge < -0.3 is 0 Å². The monoisotopic (exact) mass is 211 g/mol. The Kier molecular flexibility index (Phi) is 4.49. The van der Waals surface area contributed by atoms with Crippen LogP contribution in [0.25, 0.3) is 0 Å². The van der Waals surface area contributed by atoms with Gasteiger partial charge in [-0.25, -0.2) is 5.48 Å². The molecule has 0 saturated carbocycles. The Morgan fingerprint density at radius 2 is 2.21 bits per heavy atom. The van der Waals surface area contributed by atoms with Crippen molar-refractivity contribution in [2.45, 2.75) is 11.8 Å². The molecule has 0 radical (unpaired) electrons. The Balaban J connectivity index is 2.46. The van der Waals surface area contributed by atoms with Crippen LogP contribution in [-0.4, -0.2) is 18.8 Å². The lowest BCUT2D eigenvalue weighted by Crippen LogP contribution is -2.23. The molecule has 1 aromatic rings. The molecule has 1 rings (SSSR count). The van der Waals surface area contributed by atoms with Crippen LogP contribution < -0.4 is 5.48 Å². The second-order valence-corrected chi connectivity index (χ2v) is 3.80. The van der Waals surface area contributed by atoms with Gasteiger partial charge in [-0.2, -0.15) is 0 Å². The zero-order valence-electron chi connectivity index (χ0n) is 8.24. The van der Waals surface area contributed by atoms with Crippen LogP contribution in [0.15, 0.2) is 29.2 Å². The highest BCUT2D eigenvalue weighted by Crippen LogP contribution is 2.21. The third-order valence-corrected chi connectivity index (χ3v) is 2.84. The molecule has 0 spiro atoms. The highest BCUT2D eigenvalue weighted by atomic mass is 32.2. The summed E-state index contributed by atoms with van der Waals surface area (Å²) in [6, 6.07) is 7.97. The van der Waals surface area contributed by atoms with Gasteiger partial charge >= 0.3 is 0 Å². The van der Waals surface area contributed by atoms with Gasteiger partial charge in [-0.05, 0) is 18.6 Å². The Labute approximate surface area is 87.8 Å². The molecule has 0 aliphatic heterocycles. The molecule has 1 N–H and O–H groups in total. The van der Waals surface area contributed by atoms with E-state index in [2.05, 4.69) is 10.3 Å². The number of benzene rings is 1. The van der Waals surface area contributed by atoms with E-state index in [-0.39, 0.29) is 5.91 Å². The number of hydroxylamine groups is 1. The van der Waals surface area contributed by atoms with Crippen LogP contribution in [0.3, 0.4) is 0 Å². The van der Waals surface area contributed by atoms with Crippen molar-refractivity contribution in [3.8, 4) is 0 Å². The van der Waals surface area contributed by atoms with Crippen molar-refractivity contribution in [3.05, 3.63) is 29.8 Å². The molecule has 0 aliphatic rings. The maximum absolute atomic E-state index is 11.1. The Bertz CT molecular complexity index is 315. The van der Waals surface area contributed by atoms with E-state index in [0.717, 1.165) is 4.90 Å². The Morgan fingerprint density at radius 3 is 2.86 bits per heavy atom. The second kappa shape index (κ2) is 5.67. The predicted octanol–water partition coefficient (Wildman–Crippen LogP) is 1.76. The fraction of sp³-hybridized carbons (Fsp3) is 0.300. The third kappa shape index (κ3) is 3.40. The van der Waals surface area contributed by atoms with E-state index in [0.29, 0.717) is 5.75 Å². The number of rotatable bonds is 4. The highest BCUT2D eigenvalue weighted by Gasteiger charge is 2.03. The first-order chi connectivity index (χ1) is 6.74. The summed E-state index contributed by atoms with van der Waals surface area (Å²) in [4.78, 5) is 16.7. The zero-order chi connectivity index (χ0) is 10.4. The first-order valence-electron chi connectivity index (χ1n) is 4.24. The molecule has 0 heterocycles. The number of hydrogen-bond acceptors (Lipinski definition) is 3. The summed E-state index contributed by atoms with van der Waals surface area (Å²) < 4.78 is 0. The fourth-order valence-corrected chi connectivity index (χ4v) is 1.82. The predicted molar refractivity (Wildman–Crippen MR) is 57.1 cm³/mol. The van der Waals surface area contributed by atoms with Crippen LogP contribution >= 0.6 is 11.8 Å². The number of aryl methyl sites for hydroxylation is 1. The van der Waals surface area contributed by atoms with E-state index in [1.165, 1.54) is 24.4 Å². The first-order valence-corrected chi connectivity index (χ1v) is 5.23. The number of carbonyl (C=O) groups is 1. The van der Waals surface area contributed by atoms with Crippen molar-refractivity contribution in [2.24, 2.45) is 0 Å². The van der Waals surface area contributed by atoms with E-state index in [1.807, 2.05) is 31.2 Å². The van der Waals surface area contributed by atoms with Gasteiger partial charge in [-0.15, -0.1) is 11.8 Å². The summed E-state index contributed by atoms with van der Waals surface area (Å²) >= 11 is 1.50. The van der Waals surface area contributed by atoms with Crippen LogP contribution in [0, 0.1) is 6.92 Å². The lowest BCUT2D eigenvalue weighted by atomic mass is 10.2. The summed E-state index contributed by atoms with van der Waals surface area (Å²) in [5, 5.41) is 0. The molecule has 14 heavy (non-hydrogen) atoms. The van der Waals surface area contributed by atoms with Crippen molar-refractivity contribution in [1.29, 1.82) is 0 Å². The number of thioether (sulfide) groups is 1. The highest BCUT2D eigenvalue weighted by molar-refractivity contribution is 8.00. The maximum atomic E-state index is 11.1. The van der Waals surface area contributed by atoms with Crippen LogP contribution in [0.2, 0.25) is 0 Å². The van der Waals surface area contributed by atoms with Crippen molar-refractivity contribution in [2.75, 3.05) is 12.9 Å². The van der Waals surface area contributed by atoms with Gasteiger partial charge in [0.25, 0.3) is 5.91 Å². The van der Waals surface area contributed by atoms with Crippen molar-refractivity contribution >= 4 is 17.7 Å². The van der Waals surface area contributed by atoms with Gasteiger partial charge in [0.05, 0.1) is 12.9 Å². The van der Waals surface area contributed by atoms with Gasteiger partial charge in [0, 0.05) is 4.90 Å². The van der Waals surface area contributed by atoms with Crippen LogP contribution in [-0.2, 0) is 9.63 Å². The SMILES string of the molecule is CONC(=O)CSc1ccccc1C. The molecule has 3 nitrogen and oxygen atoms in total. The van der Waals surface area contributed by atoms with E-state index >= 15 is 0 Å². The average molecular weight is 211 g/mol. The summed E-state index contributed by atoms with van der Waals surface area (Å²) in [6.45, 7) is 2.02. The minimum absolute atomic E-state index is 0.124. The smallest absolute Gasteiger partial charge is 0.253 e. The molecule has 0 aromatic heterocycles. The quantitative estimate of drug-likeness (QED) is 0.609. The van der Waals surface area contributed by atoms with Gasteiger partial charge in [-0.3, -0.25) is 9.63 Å². The molecule has 1 aromatic carbocycles. The standard InChI is InChI=1S/C10H13NO2S/c1-8-5-3-4-6-9(8)14-7-10(12)11-13-2/h3-6H,7H2,1-2H3,(H,11,12). The topological polar surface area (TPSA) is 38.3 Å². The molecule has 1 amide bonds. The van der Waals surface area contributed by atoms with E-state index in [1.54, 1.807) is 0 Å². The van der Waals surface area contributed by atoms with Crippen LogP contribution in [0.1, 0.15) is 5.56 Å². The fourth-order valence-electron chi connectivity index (χ4n) is 1.00. The largest absolute Gasteiger partial charge is 0.277 e. The van der Waals surface area contributed by atoms with Crippen LogP contribution in [0.5, 0.6) is 0 Å². The summed E-state index contributed by atoms with van der Waals surface area (Å²) in [5.41, 5.74) is 3.46. The molecule has 0 bridgehead atoms. The molecule has 0 aliphatic carbocycles. The van der Waals surface area contributed by atoms with Gasteiger partial charge in [0.2, 0.25) is 0 Å². The minimum atomic E-state index is -0.124. The minimum Gasteiger partial charge on any atom is -0.277 e. The number of amides is 1. The summed E-state index contributed by atoms with van der Waals surface area (Å²) in [7, 11) is 1.43. The molecule has 0 fully saturated rings. The normalized spacial score (nSPS) is 9.86. The number of carbonyl (C=O) groups excluding carboxylic acids is 1. The second-order valence-electron chi connectivity index (χ2n) is 2.78. The Morgan fingerprint density at radius 1 is 1.50 bits per heavy atom. The summed E-state index contributed by atoms with van der Waals surface area (Å²) in [6.07, 6.45) is 0. The van der Waals surface area contributed by atoms with Gasteiger partial charge in [-0.1, -0.05) is 18.2 Å². The molecular formula is C10H13NO2S. The zero-order valence-corrected chi connectivity index (χ0v) is 9.06. The van der Waals surface area contributed by atoms with E-state index < -0.39 is 0 Å². The number of nitrogens with one attached hydrogen (secondary N) is 1. The molecule has 76 valence electrons. The lowest BCUT2D eigenvalue weighted by Gasteiger charge is -2.04. The van der Waals surface area contributed by atoms with Crippen molar-refractivity contribution in [1.82, 2.24) is 5.48 Å². The molecule has 0 unspecified atom stereocenters. The van der Waals surface area contributed by atoms with Gasteiger partial charge in [0.1, 0.15) is 0 Å². The lowest BCUT2D eigenvalue weighted by molar-refractivity contribution is -0.128. The molecule has 0 saturated heterocycles. The number of hydrogen-bond donors (Lipinski definition) is 1. The van der Waals surface area contributed by atoms with E-state index in [9.17, 15) is 4.79 Å². The maximum Gasteiger partial charge on any atom is 0.253 e. The van der Waals surface area contributed by atoms with Crippen molar-refractivity contribution < 1.29 is 9.63 Å². The van der Waals surface area contributed by atoms with E-state index in [4.69, 9.17) is 0 Å². The first kappa shape index (κ1) is 11.1. The molecule has 4 heteroatoms. The average Bonchev–Trinajstić information content (AvgIpc) is 2.17. The van der Waals surface area contributed by atoms with Crippen molar-refractivity contribution in [3.63, 3.8) is 0 Å². The van der Waals surface area contributed by atoms with Gasteiger partial charge in [0.15, 0.2) is 0 Å². The third-order valence-electron chi connectivity index (χ3n) is 1.67. The Hall–Kier alpha value is -1.00. The summed E-state index contributed by atoms with van der Waals surface area (Å²) in [5.74, 6) is 0.249.